The van der Waals surface area contributed by atoms with Gasteiger partial charge in [0.25, 0.3) is 0 Å². The summed E-state index contributed by atoms with van der Waals surface area (Å²) >= 11 is 0. The smallest absolute Gasteiger partial charge is 0.134 e. The Morgan fingerprint density at radius 3 is 3.00 bits per heavy atom. The Kier molecular flexibility index (Phi) is 5.08. The van der Waals surface area contributed by atoms with Crippen LogP contribution in [-0.2, 0) is 6.54 Å². The third kappa shape index (κ3) is 3.17. The molecule has 1 saturated heterocycles. The van der Waals surface area contributed by atoms with Crippen LogP contribution in [0.5, 0.6) is 0 Å². The van der Waals surface area contributed by atoms with E-state index in [-0.39, 0.29) is 12.4 Å². The maximum atomic E-state index is 6.05. The number of fused-ring (bicyclic) bond motifs is 1. The SMILES string of the molecule is CC(N)C1CCCN(Cc2coc3ccccc23)C1.Cl. The first kappa shape index (κ1) is 15.4. The largest absolute Gasteiger partial charge is 0.464 e. The number of benzene rings is 1. The minimum Gasteiger partial charge on any atom is -0.464 e. The van der Waals surface area contributed by atoms with Gasteiger partial charge in [0.2, 0.25) is 0 Å². The van der Waals surface area contributed by atoms with Gasteiger partial charge < -0.3 is 10.2 Å². The van der Waals surface area contributed by atoms with E-state index in [0.29, 0.717) is 12.0 Å². The Morgan fingerprint density at radius 1 is 1.40 bits per heavy atom. The Labute approximate surface area is 126 Å². The summed E-state index contributed by atoms with van der Waals surface area (Å²) in [5, 5.41) is 1.24. The fourth-order valence-electron chi connectivity index (χ4n) is 3.06. The molecule has 110 valence electrons. The topological polar surface area (TPSA) is 42.4 Å². The first-order valence-corrected chi connectivity index (χ1v) is 7.17. The summed E-state index contributed by atoms with van der Waals surface area (Å²) in [4.78, 5) is 2.51. The molecule has 0 bridgehead atoms. The fourth-order valence-corrected chi connectivity index (χ4v) is 3.06. The molecule has 2 atom stereocenters. The van der Waals surface area contributed by atoms with Crippen molar-refractivity contribution in [3.63, 3.8) is 0 Å². The van der Waals surface area contributed by atoms with Gasteiger partial charge in [-0.3, -0.25) is 4.90 Å². The molecule has 4 heteroatoms. The van der Waals surface area contributed by atoms with Gasteiger partial charge in [-0.05, 0) is 38.3 Å². The molecule has 1 aliphatic heterocycles. The third-order valence-corrected chi connectivity index (χ3v) is 4.24. The molecule has 3 nitrogen and oxygen atoms in total. The molecule has 1 fully saturated rings. The number of hydrogen-bond donors (Lipinski definition) is 1. The van der Waals surface area contributed by atoms with Crippen LogP contribution in [0.1, 0.15) is 25.3 Å². The van der Waals surface area contributed by atoms with E-state index >= 15 is 0 Å². The van der Waals surface area contributed by atoms with Crippen LogP contribution in [0, 0.1) is 5.92 Å². The van der Waals surface area contributed by atoms with Crippen molar-refractivity contribution in [2.24, 2.45) is 11.7 Å². The zero-order valence-corrected chi connectivity index (χ0v) is 12.7. The standard InChI is InChI=1S/C16H22N2O.ClH/c1-12(17)13-5-4-8-18(9-13)10-14-11-19-16-7-3-2-6-15(14)16;/h2-3,6-7,11-13H,4-5,8-10,17H2,1H3;1H. The third-order valence-electron chi connectivity index (χ3n) is 4.24. The number of nitrogens with zero attached hydrogens (tertiary/aromatic N) is 1. The van der Waals surface area contributed by atoms with Crippen molar-refractivity contribution in [3.8, 4) is 0 Å². The lowest BCUT2D eigenvalue weighted by Crippen LogP contribution is -2.41. The van der Waals surface area contributed by atoms with Gasteiger partial charge in [0.1, 0.15) is 5.58 Å². The number of likely N-dealkylation sites (tertiary alicyclic amines) is 1. The fraction of sp³-hybridized carbons (Fsp3) is 0.500. The number of hydrogen-bond acceptors (Lipinski definition) is 3. The number of halogens is 1. The molecule has 2 N–H and O–H groups in total. The minimum atomic E-state index is 0. The number of piperidine rings is 1. The van der Waals surface area contributed by atoms with Crippen LogP contribution in [-0.4, -0.2) is 24.0 Å². The summed E-state index contributed by atoms with van der Waals surface area (Å²) in [5.74, 6) is 0.631. The van der Waals surface area contributed by atoms with Crippen molar-refractivity contribution < 1.29 is 4.42 Å². The highest BCUT2D eigenvalue weighted by Crippen LogP contribution is 2.25. The summed E-state index contributed by atoms with van der Waals surface area (Å²) in [6.07, 6.45) is 4.42. The lowest BCUT2D eigenvalue weighted by molar-refractivity contribution is 0.154. The Balaban J connectivity index is 0.00000147. The van der Waals surface area contributed by atoms with E-state index in [0.717, 1.165) is 18.7 Å². The molecule has 20 heavy (non-hydrogen) atoms. The average Bonchev–Trinajstić information content (AvgIpc) is 2.83. The lowest BCUT2D eigenvalue weighted by Gasteiger charge is -2.34. The zero-order chi connectivity index (χ0) is 13.2. The predicted molar refractivity (Wildman–Crippen MR) is 85.1 cm³/mol. The number of rotatable bonds is 3. The van der Waals surface area contributed by atoms with Gasteiger partial charge in [-0.15, -0.1) is 12.4 Å². The number of furan rings is 1. The maximum Gasteiger partial charge on any atom is 0.134 e. The van der Waals surface area contributed by atoms with E-state index in [9.17, 15) is 0 Å². The molecular formula is C16H23ClN2O. The van der Waals surface area contributed by atoms with Gasteiger partial charge in [0.15, 0.2) is 0 Å². The summed E-state index contributed by atoms with van der Waals surface area (Å²) in [6, 6.07) is 8.55. The Bertz CT molecular complexity index is 552. The Hall–Kier alpha value is -1.03. The lowest BCUT2D eigenvalue weighted by atomic mass is 9.92. The summed E-state index contributed by atoms with van der Waals surface area (Å²) in [5.41, 5.74) is 8.33. The number of nitrogens with two attached hydrogens (primary N) is 1. The molecule has 2 heterocycles. The molecule has 2 aromatic rings. The van der Waals surface area contributed by atoms with Gasteiger partial charge in [0, 0.05) is 30.1 Å². The second-order valence-electron chi connectivity index (χ2n) is 5.75. The van der Waals surface area contributed by atoms with Gasteiger partial charge in [-0.1, -0.05) is 18.2 Å². The van der Waals surface area contributed by atoms with E-state index in [1.807, 2.05) is 18.4 Å². The highest BCUT2D eigenvalue weighted by atomic mass is 35.5. The molecule has 0 spiro atoms. The molecule has 0 radical (unpaired) electrons. The predicted octanol–water partition coefficient (Wildman–Crippen LogP) is 3.41. The van der Waals surface area contributed by atoms with Crippen LogP contribution in [0.2, 0.25) is 0 Å². The molecule has 1 aliphatic rings. The average molecular weight is 295 g/mol. The van der Waals surface area contributed by atoms with Crippen LogP contribution in [0.15, 0.2) is 34.9 Å². The molecule has 0 aliphatic carbocycles. The normalized spacial score (nSPS) is 21.6. The van der Waals surface area contributed by atoms with Crippen molar-refractivity contribution in [3.05, 3.63) is 36.1 Å². The zero-order valence-electron chi connectivity index (χ0n) is 11.9. The summed E-state index contributed by atoms with van der Waals surface area (Å²) < 4.78 is 5.61. The second-order valence-corrected chi connectivity index (χ2v) is 5.75. The molecule has 1 aromatic heterocycles. The van der Waals surface area contributed by atoms with Crippen molar-refractivity contribution >= 4 is 23.4 Å². The van der Waals surface area contributed by atoms with Gasteiger partial charge in [0.05, 0.1) is 6.26 Å². The first-order valence-electron chi connectivity index (χ1n) is 7.17. The van der Waals surface area contributed by atoms with Crippen LogP contribution < -0.4 is 5.73 Å². The van der Waals surface area contributed by atoms with E-state index in [4.69, 9.17) is 10.2 Å². The molecule has 3 rings (SSSR count). The molecule has 2 unspecified atom stereocenters. The highest BCUT2D eigenvalue weighted by Gasteiger charge is 2.23. The summed E-state index contributed by atoms with van der Waals surface area (Å²) in [6.45, 7) is 5.38. The van der Waals surface area contributed by atoms with E-state index in [1.54, 1.807) is 0 Å². The molecule has 0 amide bonds. The van der Waals surface area contributed by atoms with E-state index in [2.05, 4.69) is 24.0 Å². The molecule has 0 saturated carbocycles. The van der Waals surface area contributed by atoms with Gasteiger partial charge in [-0.25, -0.2) is 0 Å². The van der Waals surface area contributed by atoms with Crippen LogP contribution in [0.3, 0.4) is 0 Å². The van der Waals surface area contributed by atoms with E-state index < -0.39 is 0 Å². The van der Waals surface area contributed by atoms with E-state index in [1.165, 1.54) is 30.3 Å². The Morgan fingerprint density at radius 2 is 2.20 bits per heavy atom. The van der Waals surface area contributed by atoms with Crippen molar-refractivity contribution in [1.29, 1.82) is 0 Å². The minimum absolute atomic E-state index is 0. The number of para-hydroxylation sites is 1. The van der Waals surface area contributed by atoms with Crippen molar-refractivity contribution in [1.82, 2.24) is 4.90 Å². The van der Waals surface area contributed by atoms with Crippen LogP contribution >= 0.6 is 12.4 Å². The van der Waals surface area contributed by atoms with Crippen molar-refractivity contribution in [2.45, 2.75) is 32.4 Å². The second kappa shape index (κ2) is 6.61. The quantitative estimate of drug-likeness (QED) is 0.943. The molecule has 1 aromatic carbocycles. The highest BCUT2D eigenvalue weighted by molar-refractivity contribution is 5.85. The molecular weight excluding hydrogens is 272 g/mol. The van der Waals surface area contributed by atoms with Crippen LogP contribution in [0.4, 0.5) is 0 Å². The van der Waals surface area contributed by atoms with Crippen molar-refractivity contribution in [2.75, 3.05) is 13.1 Å². The van der Waals surface area contributed by atoms with Gasteiger partial charge >= 0.3 is 0 Å². The first-order chi connectivity index (χ1) is 9.24. The van der Waals surface area contributed by atoms with Gasteiger partial charge in [-0.2, -0.15) is 0 Å². The monoisotopic (exact) mass is 294 g/mol. The summed E-state index contributed by atoms with van der Waals surface area (Å²) in [7, 11) is 0. The maximum absolute atomic E-state index is 6.05. The van der Waals surface area contributed by atoms with Crippen LogP contribution in [0.25, 0.3) is 11.0 Å².